The van der Waals surface area contributed by atoms with Gasteiger partial charge in [-0.1, -0.05) is 40.5 Å². The van der Waals surface area contributed by atoms with E-state index in [-0.39, 0.29) is 66.7 Å². The third kappa shape index (κ3) is 8.27. The zero-order chi connectivity index (χ0) is 43.5. The summed E-state index contributed by atoms with van der Waals surface area (Å²) in [6.07, 6.45) is -1.25. The number of benzene rings is 1. The van der Waals surface area contributed by atoms with E-state index < -0.39 is 98.2 Å². The minimum Gasteiger partial charge on any atom is -0.459 e. The predicted octanol–water partition coefficient (Wildman–Crippen LogP) is 3.88. The number of alkyl carbamates (subject to hydrolysis) is 1. The van der Waals surface area contributed by atoms with E-state index in [1.165, 1.54) is 29.7 Å². The van der Waals surface area contributed by atoms with Gasteiger partial charge in [0, 0.05) is 13.0 Å². The average Bonchev–Trinajstić information content (AvgIpc) is 4.03. The molecule has 19 heteroatoms. The number of sulfonamides is 1. The smallest absolute Gasteiger partial charge is 0.408 e. The van der Waals surface area contributed by atoms with E-state index >= 15 is 0 Å². The maximum Gasteiger partial charge on any atom is 0.408 e. The van der Waals surface area contributed by atoms with Crippen molar-refractivity contribution < 1.29 is 45.9 Å². The summed E-state index contributed by atoms with van der Waals surface area (Å²) >= 11 is 0. The molecule has 3 N–H and O–H groups in total. The highest BCUT2D eigenvalue weighted by Gasteiger charge is 2.67. The van der Waals surface area contributed by atoms with Gasteiger partial charge in [-0.3, -0.25) is 28.5 Å². The first-order valence-corrected chi connectivity index (χ1v) is 22.2. The van der Waals surface area contributed by atoms with Crippen LogP contribution in [0.1, 0.15) is 104 Å². The molecule has 1 saturated heterocycles. The fraction of sp³-hybridized carbons (Fsp3) is 0.683. The molecule has 60 heavy (non-hydrogen) atoms. The Bertz CT molecular complexity index is 2290. The second-order valence-corrected chi connectivity index (χ2v) is 20.8. The highest BCUT2D eigenvalue weighted by atomic mass is 32.2. The predicted molar refractivity (Wildman–Crippen MR) is 212 cm³/mol. The molecule has 7 rings (SSSR count). The zero-order valence-electron chi connectivity index (χ0n) is 34.5. The Morgan fingerprint density at radius 1 is 1.08 bits per heavy atom. The van der Waals surface area contributed by atoms with Crippen LogP contribution >= 0.6 is 0 Å². The number of carbonyl (C=O) groups excluding carboxylic acids is 4. The minimum absolute atomic E-state index is 0.0650. The monoisotopic (exact) mass is 857 g/mol. The van der Waals surface area contributed by atoms with E-state index in [4.69, 9.17) is 9.47 Å². The molecule has 8 atom stereocenters. The molecule has 3 heterocycles. The van der Waals surface area contributed by atoms with Gasteiger partial charge >= 0.3 is 6.09 Å². The van der Waals surface area contributed by atoms with Gasteiger partial charge in [0.05, 0.1) is 39.7 Å². The molecule has 3 saturated carbocycles. The number of rotatable bonds is 6. The maximum absolute atomic E-state index is 14.8. The van der Waals surface area contributed by atoms with Crippen LogP contribution in [0.25, 0.3) is 10.9 Å². The topological polar surface area (TPSA) is 219 Å². The maximum atomic E-state index is 14.8. The van der Waals surface area contributed by atoms with Crippen LogP contribution in [0, 0.1) is 34.5 Å². The van der Waals surface area contributed by atoms with Crippen molar-refractivity contribution in [2.45, 2.75) is 146 Å². The number of carbonyl (C=O) groups is 4. The molecule has 4 amide bonds. The van der Waals surface area contributed by atoms with Crippen molar-refractivity contribution in [1.82, 2.24) is 29.8 Å². The van der Waals surface area contributed by atoms with Gasteiger partial charge in [-0.25, -0.2) is 22.0 Å². The van der Waals surface area contributed by atoms with Crippen molar-refractivity contribution in [3.05, 3.63) is 34.1 Å². The first kappa shape index (κ1) is 43.2. The number of amides is 4. The summed E-state index contributed by atoms with van der Waals surface area (Å²) in [5.41, 5.74) is -3.21. The molecular weight excluding hydrogens is 805 g/mol. The SMILES string of the molecule is CC1CCC2OC(=O)NC(C(C)(C)C)C(=O)N3CC(CC3C(=O)NC3(C(=O)NS(=O)(=O)C4(C)CC4)CC3C(F)F)Oc3nc4cc(C#N)ccc4c(=O)n3CCCCCC12. The van der Waals surface area contributed by atoms with Crippen LogP contribution in [0.5, 0.6) is 6.01 Å². The lowest BCUT2D eigenvalue weighted by atomic mass is 9.85. The van der Waals surface area contributed by atoms with Crippen molar-refractivity contribution in [2.75, 3.05) is 6.54 Å². The molecule has 2 aliphatic heterocycles. The molecule has 5 aliphatic rings. The summed E-state index contributed by atoms with van der Waals surface area (Å²) in [5.74, 6) is -4.41. The number of fused-ring (bicyclic) bond motifs is 5. The van der Waals surface area contributed by atoms with Gasteiger partial charge in [0.25, 0.3) is 17.5 Å². The number of hydrogen-bond donors (Lipinski definition) is 3. The highest BCUT2D eigenvalue weighted by Crippen LogP contribution is 2.49. The normalized spacial score (nSPS) is 30.7. The van der Waals surface area contributed by atoms with Crippen LogP contribution < -0.4 is 25.7 Å². The molecule has 0 spiro atoms. The molecule has 1 aromatic carbocycles. The number of alkyl halides is 2. The zero-order valence-corrected chi connectivity index (χ0v) is 35.3. The fourth-order valence-electron chi connectivity index (χ4n) is 8.99. The molecule has 4 fully saturated rings. The molecule has 16 nitrogen and oxygen atoms in total. The second-order valence-electron chi connectivity index (χ2n) is 18.6. The molecule has 3 aliphatic carbocycles. The van der Waals surface area contributed by atoms with E-state index in [9.17, 15) is 46.4 Å². The first-order chi connectivity index (χ1) is 28.2. The molecule has 0 radical (unpaired) electrons. The summed E-state index contributed by atoms with van der Waals surface area (Å²) < 4.78 is 69.1. The van der Waals surface area contributed by atoms with Gasteiger partial charge in [-0.15, -0.1) is 0 Å². The molecule has 1 aromatic heterocycles. The minimum atomic E-state index is -4.27. The van der Waals surface area contributed by atoms with Crippen molar-refractivity contribution in [1.29, 1.82) is 5.26 Å². The highest BCUT2D eigenvalue weighted by molar-refractivity contribution is 7.91. The number of hydrogen-bond acceptors (Lipinski definition) is 11. The van der Waals surface area contributed by atoms with E-state index in [1.807, 2.05) is 10.8 Å². The average molecular weight is 858 g/mol. The van der Waals surface area contributed by atoms with Crippen LogP contribution in [0.2, 0.25) is 0 Å². The van der Waals surface area contributed by atoms with Gasteiger partial charge < -0.3 is 25.0 Å². The van der Waals surface area contributed by atoms with Crippen LogP contribution in [0.15, 0.2) is 23.0 Å². The Morgan fingerprint density at radius 3 is 2.47 bits per heavy atom. The van der Waals surface area contributed by atoms with E-state index in [0.717, 1.165) is 30.6 Å². The summed E-state index contributed by atoms with van der Waals surface area (Å²) in [5, 5.41) is 15.0. The lowest BCUT2D eigenvalue weighted by Gasteiger charge is -2.36. The van der Waals surface area contributed by atoms with Crippen LogP contribution in [-0.2, 0) is 35.7 Å². The third-order valence-corrected chi connectivity index (χ3v) is 15.4. The Morgan fingerprint density at radius 2 is 1.82 bits per heavy atom. The molecule has 2 aromatic rings. The van der Waals surface area contributed by atoms with Gasteiger partial charge in [0.15, 0.2) is 0 Å². The second kappa shape index (κ2) is 15.9. The van der Waals surface area contributed by atoms with E-state index in [1.54, 1.807) is 20.8 Å². The number of ether oxygens (including phenoxy) is 2. The molecule has 326 valence electrons. The lowest BCUT2D eigenvalue weighted by molar-refractivity contribution is -0.143. The Kier molecular flexibility index (Phi) is 11.4. The Labute approximate surface area is 347 Å². The standard InChI is InChI=1S/C41H53F2N7O9S/c1-22-10-13-30-25(22)9-7-6-8-16-49-34(52)26-12-11-23(20-44)17-28(26)45-37(49)58-24-18-29(50(21-24)35(53)31(39(2,3)4)46-38(55)59-30)33(51)47-41(19-27(41)32(42)43)36(54)48-60(56,57)40(5)14-15-40/h11-12,17,22,24-25,27,29-32H,6-10,13-16,18-19,21H2,1-5H3,(H,46,55)(H,47,51)(H,48,54). The quantitative estimate of drug-likeness (QED) is 0.379. The van der Waals surface area contributed by atoms with Crippen molar-refractivity contribution >= 4 is 44.7 Å². The summed E-state index contributed by atoms with van der Waals surface area (Å²) in [6.45, 7) is 8.60. The number of halogens is 2. The van der Waals surface area contributed by atoms with Crippen molar-refractivity contribution in [2.24, 2.45) is 23.2 Å². The lowest BCUT2D eigenvalue weighted by Crippen LogP contribution is -2.60. The van der Waals surface area contributed by atoms with Gasteiger partial charge in [-0.05, 0) is 87.3 Å². The number of nitrogens with one attached hydrogen (secondary N) is 3. The van der Waals surface area contributed by atoms with Gasteiger partial charge in [0.2, 0.25) is 28.3 Å². The molecule has 2 bridgehead atoms. The fourth-order valence-corrected chi connectivity index (χ4v) is 10.3. The number of nitrogens with zero attached hydrogens (tertiary/aromatic N) is 4. The van der Waals surface area contributed by atoms with Crippen LogP contribution in [-0.4, -0.2) is 94.2 Å². The number of nitriles is 1. The Balaban J connectivity index is 1.26. The molecule has 8 unspecified atom stereocenters. The largest absolute Gasteiger partial charge is 0.459 e. The van der Waals surface area contributed by atoms with Crippen LogP contribution in [0.3, 0.4) is 0 Å². The summed E-state index contributed by atoms with van der Waals surface area (Å²) in [4.78, 5) is 76.2. The summed E-state index contributed by atoms with van der Waals surface area (Å²) in [7, 11) is -4.27. The number of aromatic nitrogens is 2. The van der Waals surface area contributed by atoms with E-state index in [0.29, 0.717) is 12.8 Å². The summed E-state index contributed by atoms with van der Waals surface area (Å²) in [6, 6.07) is 3.67. The van der Waals surface area contributed by atoms with Gasteiger partial charge in [0.1, 0.15) is 29.8 Å². The van der Waals surface area contributed by atoms with Crippen LogP contribution in [0.4, 0.5) is 13.6 Å². The molecular formula is C41H53F2N7O9S. The van der Waals surface area contributed by atoms with E-state index in [2.05, 4.69) is 22.5 Å². The van der Waals surface area contributed by atoms with Crippen molar-refractivity contribution in [3.8, 4) is 12.1 Å². The Hall–Kier alpha value is -4.86. The third-order valence-electron chi connectivity index (χ3n) is 13.2. The first-order valence-electron chi connectivity index (χ1n) is 20.7. The van der Waals surface area contributed by atoms with Gasteiger partial charge in [-0.2, -0.15) is 10.2 Å². The van der Waals surface area contributed by atoms with Crippen molar-refractivity contribution in [3.63, 3.8) is 0 Å².